The van der Waals surface area contributed by atoms with Crippen LogP contribution in [0.3, 0.4) is 0 Å². The first-order chi connectivity index (χ1) is 7.54. The van der Waals surface area contributed by atoms with Crippen molar-refractivity contribution in [2.24, 2.45) is 0 Å². The van der Waals surface area contributed by atoms with Gasteiger partial charge in [-0.15, -0.1) is 0 Å². The molecule has 0 aliphatic rings. The Morgan fingerprint density at radius 2 is 2.25 bits per heavy atom. The summed E-state index contributed by atoms with van der Waals surface area (Å²) in [6.45, 7) is 0. The minimum absolute atomic E-state index is 0.0886. The monoisotopic (exact) mass is 290 g/mol. The second-order valence-electron chi connectivity index (χ2n) is 3.34. The van der Waals surface area contributed by atoms with Crippen molar-refractivity contribution >= 4 is 21.9 Å². The molecular weight excluding hydrogens is 279 g/mol. The van der Waals surface area contributed by atoms with Gasteiger partial charge in [0.25, 0.3) is 0 Å². The Balaban J connectivity index is 2.72. The smallest absolute Gasteiger partial charge is 0.303 e. The molecule has 1 rings (SSSR count). The normalized spacial score (nSPS) is 10.2. The first-order valence-corrected chi connectivity index (χ1v) is 5.57. The average molecular weight is 291 g/mol. The van der Waals surface area contributed by atoms with E-state index in [-0.39, 0.29) is 12.2 Å². The van der Waals surface area contributed by atoms with E-state index in [1.54, 1.807) is 6.07 Å². The summed E-state index contributed by atoms with van der Waals surface area (Å²) in [4.78, 5) is 10.3. The third-order valence-electron chi connectivity index (χ3n) is 2.12. The molecule has 0 amide bonds. The number of ether oxygens (including phenoxy) is 1. The fraction of sp³-hybridized carbons (Fsp3) is 0.364. The van der Waals surface area contributed by atoms with E-state index in [0.29, 0.717) is 17.3 Å². The molecule has 0 unspecified atom stereocenters. The van der Waals surface area contributed by atoms with Gasteiger partial charge in [0, 0.05) is 6.42 Å². The van der Waals surface area contributed by atoms with Gasteiger partial charge in [-0.2, -0.15) is 0 Å². The number of rotatable bonds is 5. The van der Waals surface area contributed by atoms with Crippen LogP contribution >= 0.6 is 15.9 Å². The highest BCUT2D eigenvalue weighted by Gasteiger charge is 2.09. The molecule has 0 aromatic heterocycles. The van der Waals surface area contributed by atoms with Crippen molar-refractivity contribution in [3.63, 3.8) is 0 Å². The van der Waals surface area contributed by atoms with Gasteiger partial charge >= 0.3 is 5.97 Å². The summed E-state index contributed by atoms with van der Waals surface area (Å²) >= 11 is 3.20. The molecule has 3 nitrogen and oxygen atoms in total. The number of hydrogen-bond donors (Lipinski definition) is 1. The molecular formula is C11H12BrFO3. The first-order valence-electron chi connectivity index (χ1n) is 4.78. The lowest BCUT2D eigenvalue weighted by Gasteiger charge is -2.07. The number of carboxylic acids is 1. The van der Waals surface area contributed by atoms with Crippen LogP contribution in [0.1, 0.15) is 18.4 Å². The van der Waals surface area contributed by atoms with Crippen molar-refractivity contribution in [1.29, 1.82) is 0 Å². The van der Waals surface area contributed by atoms with E-state index in [2.05, 4.69) is 15.9 Å². The second kappa shape index (κ2) is 5.84. The highest BCUT2D eigenvalue weighted by molar-refractivity contribution is 9.10. The maximum atomic E-state index is 13.4. The van der Waals surface area contributed by atoms with Crippen molar-refractivity contribution in [3.05, 3.63) is 28.0 Å². The molecule has 0 aliphatic carbocycles. The zero-order valence-electron chi connectivity index (χ0n) is 8.80. The molecule has 1 N–H and O–H groups in total. The van der Waals surface area contributed by atoms with Crippen LogP contribution in [0.15, 0.2) is 16.6 Å². The average Bonchev–Trinajstić information content (AvgIpc) is 2.16. The SMILES string of the molecule is COc1c(F)cc(CCCC(=O)O)cc1Br. The molecule has 5 heteroatoms. The van der Waals surface area contributed by atoms with Crippen LogP contribution in [0.5, 0.6) is 5.75 Å². The predicted molar refractivity (Wildman–Crippen MR) is 61.2 cm³/mol. The van der Waals surface area contributed by atoms with Gasteiger partial charge in [-0.25, -0.2) is 4.39 Å². The van der Waals surface area contributed by atoms with Crippen LogP contribution in [0, 0.1) is 5.82 Å². The van der Waals surface area contributed by atoms with E-state index < -0.39 is 11.8 Å². The standard InChI is InChI=1S/C11H12BrFO3/c1-16-11-8(12)5-7(6-9(11)13)3-2-4-10(14)15/h5-6H,2-4H2,1H3,(H,14,15). The summed E-state index contributed by atoms with van der Waals surface area (Å²) in [7, 11) is 1.40. The molecule has 0 fully saturated rings. The van der Waals surface area contributed by atoms with E-state index in [9.17, 15) is 9.18 Å². The quantitative estimate of drug-likeness (QED) is 0.907. The summed E-state index contributed by atoms with van der Waals surface area (Å²) in [5, 5.41) is 8.48. The Bertz CT molecular complexity index is 370. The lowest BCUT2D eigenvalue weighted by atomic mass is 10.1. The topological polar surface area (TPSA) is 46.5 Å². The third-order valence-corrected chi connectivity index (χ3v) is 2.71. The van der Waals surface area contributed by atoms with E-state index in [1.807, 2.05) is 0 Å². The van der Waals surface area contributed by atoms with Crippen LogP contribution < -0.4 is 4.74 Å². The molecule has 0 radical (unpaired) electrons. The van der Waals surface area contributed by atoms with Crippen LogP contribution in [0.2, 0.25) is 0 Å². The van der Waals surface area contributed by atoms with Gasteiger partial charge in [0.2, 0.25) is 0 Å². The van der Waals surface area contributed by atoms with Crippen molar-refractivity contribution in [3.8, 4) is 5.75 Å². The minimum atomic E-state index is -0.840. The lowest BCUT2D eigenvalue weighted by molar-refractivity contribution is -0.137. The number of halogens is 2. The van der Waals surface area contributed by atoms with Crippen LogP contribution in [-0.4, -0.2) is 18.2 Å². The van der Waals surface area contributed by atoms with Crippen molar-refractivity contribution < 1.29 is 19.0 Å². The van der Waals surface area contributed by atoms with E-state index in [4.69, 9.17) is 9.84 Å². The van der Waals surface area contributed by atoms with Crippen molar-refractivity contribution in [2.75, 3.05) is 7.11 Å². The van der Waals surface area contributed by atoms with Crippen LogP contribution in [0.25, 0.3) is 0 Å². The number of methoxy groups -OCH3 is 1. The number of carboxylic acid groups (broad SMARTS) is 1. The highest BCUT2D eigenvalue weighted by atomic mass is 79.9. The molecule has 0 aliphatic heterocycles. The molecule has 0 saturated heterocycles. The fourth-order valence-electron chi connectivity index (χ4n) is 1.40. The molecule has 0 bridgehead atoms. The van der Waals surface area contributed by atoms with E-state index >= 15 is 0 Å². The van der Waals surface area contributed by atoms with Gasteiger partial charge in [0.1, 0.15) is 0 Å². The Morgan fingerprint density at radius 1 is 1.56 bits per heavy atom. The number of aliphatic carboxylic acids is 1. The lowest BCUT2D eigenvalue weighted by Crippen LogP contribution is -1.97. The Morgan fingerprint density at radius 3 is 2.75 bits per heavy atom. The molecule has 1 aromatic rings. The highest BCUT2D eigenvalue weighted by Crippen LogP contribution is 2.29. The summed E-state index contributed by atoms with van der Waals surface area (Å²) < 4.78 is 18.8. The number of aryl methyl sites for hydroxylation is 1. The number of carbonyl (C=O) groups is 1. The fourth-order valence-corrected chi connectivity index (χ4v) is 2.04. The van der Waals surface area contributed by atoms with Crippen LogP contribution in [-0.2, 0) is 11.2 Å². The third kappa shape index (κ3) is 3.48. The van der Waals surface area contributed by atoms with Gasteiger partial charge in [-0.1, -0.05) is 0 Å². The van der Waals surface area contributed by atoms with Gasteiger partial charge in [0.15, 0.2) is 11.6 Å². The summed E-state index contributed by atoms with van der Waals surface area (Å²) in [5.74, 6) is -1.11. The van der Waals surface area contributed by atoms with Gasteiger partial charge in [-0.3, -0.25) is 4.79 Å². The molecule has 0 spiro atoms. The van der Waals surface area contributed by atoms with Gasteiger partial charge < -0.3 is 9.84 Å². The summed E-state index contributed by atoms with van der Waals surface area (Å²) in [5.41, 5.74) is 0.756. The summed E-state index contributed by atoms with van der Waals surface area (Å²) in [6, 6.07) is 3.11. The molecule has 0 atom stereocenters. The minimum Gasteiger partial charge on any atom is -0.492 e. The largest absolute Gasteiger partial charge is 0.492 e. The van der Waals surface area contributed by atoms with E-state index in [0.717, 1.165) is 5.56 Å². The number of benzene rings is 1. The molecule has 0 heterocycles. The van der Waals surface area contributed by atoms with Gasteiger partial charge in [0.05, 0.1) is 11.6 Å². The molecule has 88 valence electrons. The number of hydrogen-bond acceptors (Lipinski definition) is 2. The zero-order chi connectivity index (χ0) is 12.1. The first kappa shape index (κ1) is 13.0. The maximum absolute atomic E-state index is 13.4. The second-order valence-corrected chi connectivity index (χ2v) is 4.19. The maximum Gasteiger partial charge on any atom is 0.303 e. The van der Waals surface area contributed by atoms with Crippen LogP contribution in [0.4, 0.5) is 4.39 Å². The zero-order valence-corrected chi connectivity index (χ0v) is 10.4. The Kier molecular flexibility index (Phi) is 4.73. The van der Waals surface area contributed by atoms with Gasteiger partial charge in [-0.05, 0) is 46.5 Å². The van der Waals surface area contributed by atoms with E-state index in [1.165, 1.54) is 13.2 Å². The molecule has 0 saturated carbocycles. The molecule has 16 heavy (non-hydrogen) atoms. The van der Waals surface area contributed by atoms with Crippen molar-refractivity contribution in [1.82, 2.24) is 0 Å². The Hall–Kier alpha value is -1.10. The predicted octanol–water partition coefficient (Wildman–Crippen LogP) is 3.00. The van der Waals surface area contributed by atoms with Crippen molar-refractivity contribution in [2.45, 2.75) is 19.3 Å². The molecule has 1 aromatic carbocycles. The summed E-state index contributed by atoms with van der Waals surface area (Å²) in [6.07, 6.45) is 1.12. The Labute approximate surface area is 101 Å².